The van der Waals surface area contributed by atoms with Crippen LogP contribution in [0.25, 0.3) is 0 Å². The van der Waals surface area contributed by atoms with Crippen molar-refractivity contribution in [2.75, 3.05) is 7.11 Å². The molecule has 0 aromatic heterocycles. The molecular formula is C13H24O2. The van der Waals surface area contributed by atoms with E-state index in [1.165, 1.54) is 0 Å². The highest BCUT2D eigenvalue weighted by molar-refractivity contribution is 5.91. The topological polar surface area (TPSA) is 26.3 Å². The van der Waals surface area contributed by atoms with Crippen LogP contribution in [0.1, 0.15) is 48.0 Å². The summed E-state index contributed by atoms with van der Waals surface area (Å²) in [6, 6.07) is 0. The molecule has 0 saturated heterocycles. The fourth-order valence-corrected chi connectivity index (χ4v) is 1.00. The van der Waals surface area contributed by atoms with E-state index in [9.17, 15) is 4.79 Å². The number of carbonyl (C=O) groups is 1. The molecule has 0 amide bonds. The predicted octanol–water partition coefficient (Wildman–Crippen LogP) is 3.36. The van der Waals surface area contributed by atoms with Gasteiger partial charge in [0, 0.05) is 13.5 Å². The summed E-state index contributed by atoms with van der Waals surface area (Å²) in [7, 11) is 1.63. The van der Waals surface area contributed by atoms with Gasteiger partial charge in [-0.2, -0.15) is 0 Å². The first-order chi connectivity index (χ1) is 6.58. The number of hydrogen-bond donors (Lipinski definition) is 0. The lowest BCUT2D eigenvalue weighted by molar-refractivity contribution is -0.119. The van der Waals surface area contributed by atoms with Crippen molar-refractivity contribution < 1.29 is 9.53 Å². The number of carbonyl (C=O) groups excluding carboxylic acids is 1. The molecule has 0 aromatic rings. The van der Waals surface area contributed by atoms with Gasteiger partial charge in [0.25, 0.3) is 0 Å². The van der Waals surface area contributed by atoms with E-state index in [2.05, 4.69) is 20.8 Å². The Morgan fingerprint density at radius 3 is 2.00 bits per heavy atom. The Morgan fingerprint density at radius 2 is 1.67 bits per heavy atom. The van der Waals surface area contributed by atoms with E-state index in [0.717, 1.165) is 5.57 Å². The summed E-state index contributed by atoms with van der Waals surface area (Å²) in [6.07, 6.45) is 2.16. The largest absolute Gasteiger partial charge is 0.378 e. The van der Waals surface area contributed by atoms with Crippen LogP contribution in [0.15, 0.2) is 11.6 Å². The van der Waals surface area contributed by atoms with Crippen LogP contribution in [0.5, 0.6) is 0 Å². The monoisotopic (exact) mass is 212 g/mol. The fraction of sp³-hybridized carbons (Fsp3) is 0.769. The summed E-state index contributed by atoms with van der Waals surface area (Å²) in [4.78, 5) is 11.7. The summed E-state index contributed by atoms with van der Waals surface area (Å²) < 4.78 is 5.23. The third kappa shape index (κ3) is 5.73. The first-order valence-electron chi connectivity index (χ1n) is 5.35. The lowest BCUT2D eigenvalue weighted by Gasteiger charge is -2.23. The lowest BCUT2D eigenvalue weighted by Crippen LogP contribution is -2.26. The summed E-state index contributed by atoms with van der Waals surface area (Å²) >= 11 is 0. The third-order valence-corrected chi connectivity index (χ3v) is 2.71. The number of methoxy groups -OCH3 is 1. The second-order valence-corrected chi connectivity index (χ2v) is 5.68. The summed E-state index contributed by atoms with van der Waals surface area (Å²) in [5, 5.41) is 0. The second kappa shape index (κ2) is 4.93. The van der Waals surface area contributed by atoms with Gasteiger partial charge in [-0.05, 0) is 32.3 Å². The van der Waals surface area contributed by atoms with Crippen molar-refractivity contribution in [1.82, 2.24) is 0 Å². The van der Waals surface area contributed by atoms with Crippen LogP contribution in [-0.2, 0) is 9.53 Å². The van der Waals surface area contributed by atoms with Gasteiger partial charge in [-0.15, -0.1) is 0 Å². The minimum Gasteiger partial charge on any atom is -0.378 e. The first kappa shape index (κ1) is 14.4. The molecule has 0 bridgehead atoms. The van der Waals surface area contributed by atoms with Crippen molar-refractivity contribution >= 4 is 5.78 Å². The van der Waals surface area contributed by atoms with Crippen LogP contribution in [0, 0.1) is 5.41 Å². The van der Waals surface area contributed by atoms with Gasteiger partial charge in [0.15, 0.2) is 5.78 Å². The molecule has 88 valence electrons. The van der Waals surface area contributed by atoms with Gasteiger partial charge in [0.1, 0.15) is 0 Å². The molecule has 0 radical (unpaired) electrons. The van der Waals surface area contributed by atoms with E-state index in [1.807, 2.05) is 20.8 Å². The number of ketones is 1. The molecule has 0 heterocycles. The molecule has 2 nitrogen and oxygen atoms in total. The number of allylic oxidation sites excluding steroid dienone is 2. The standard InChI is InChI=1S/C13H24O2/c1-10(12(2,3)4)8-11(14)9-13(5,6)15-7/h8H,9H2,1-7H3/b10-8+. The third-order valence-electron chi connectivity index (χ3n) is 2.71. The van der Waals surface area contributed by atoms with Crippen molar-refractivity contribution in [2.45, 2.75) is 53.6 Å². The maximum atomic E-state index is 11.7. The van der Waals surface area contributed by atoms with E-state index in [1.54, 1.807) is 13.2 Å². The van der Waals surface area contributed by atoms with E-state index in [-0.39, 0.29) is 16.8 Å². The zero-order valence-corrected chi connectivity index (χ0v) is 11.1. The highest BCUT2D eigenvalue weighted by Gasteiger charge is 2.21. The molecule has 0 aliphatic carbocycles. The molecule has 0 aliphatic heterocycles. The zero-order chi connectivity index (χ0) is 12.3. The van der Waals surface area contributed by atoms with Crippen LogP contribution in [0.3, 0.4) is 0 Å². The first-order valence-corrected chi connectivity index (χ1v) is 5.35. The summed E-state index contributed by atoms with van der Waals surface area (Å²) in [5.74, 6) is 0.134. The molecule has 0 fully saturated rings. The van der Waals surface area contributed by atoms with Crippen LogP contribution >= 0.6 is 0 Å². The Labute approximate surface area is 93.7 Å². The van der Waals surface area contributed by atoms with Gasteiger partial charge < -0.3 is 4.74 Å². The normalized spacial score (nSPS) is 14.2. The van der Waals surface area contributed by atoms with Crippen LogP contribution in [0.2, 0.25) is 0 Å². The van der Waals surface area contributed by atoms with E-state index >= 15 is 0 Å². The maximum absolute atomic E-state index is 11.7. The van der Waals surface area contributed by atoms with Crippen LogP contribution in [0.4, 0.5) is 0 Å². The number of hydrogen-bond acceptors (Lipinski definition) is 2. The van der Waals surface area contributed by atoms with Gasteiger partial charge in [0.05, 0.1) is 5.60 Å². The van der Waals surface area contributed by atoms with Crippen LogP contribution < -0.4 is 0 Å². The highest BCUT2D eigenvalue weighted by atomic mass is 16.5. The summed E-state index contributed by atoms with van der Waals surface area (Å²) in [5.41, 5.74) is 0.804. The molecule has 0 unspecified atom stereocenters. The SMILES string of the molecule is COC(C)(C)CC(=O)/C=C(\C)C(C)(C)C. The number of ether oxygens (including phenoxy) is 1. The van der Waals surface area contributed by atoms with E-state index in [4.69, 9.17) is 4.74 Å². The maximum Gasteiger partial charge on any atom is 0.158 e. The smallest absolute Gasteiger partial charge is 0.158 e. The molecule has 0 spiro atoms. The average molecular weight is 212 g/mol. The molecular weight excluding hydrogens is 188 g/mol. The molecule has 0 saturated carbocycles. The van der Waals surface area contributed by atoms with Crippen molar-refractivity contribution in [2.24, 2.45) is 5.41 Å². The van der Waals surface area contributed by atoms with Crippen molar-refractivity contribution in [1.29, 1.82) is 0 Å². The zero-order valence-electron chi connectivity index (χ0n) is 11.1. The van der Waals surface area contributed by atoms with Crippen molar-refractivity contribution in [3.8, 4) is 0 Å². The van der Waals surface area contributed by atoms with Gasteiger partial charge in [0.2, 0.25) is 0 Å². The lowest BCUT2D eigenvalue weighted by atomic mass is 9.86. The molecule has 2 heteroatoms. The molecule has 15 heavy (non-hydrogen) atoms. The van der Waals surface area contributed by atoms with Gasteiger partial charge in [-0.3, -0.25) is 4.79 Å². The van der Waals surface area contributed by atoms with E-state index in [0.29, 0.717) is 6.42 Å². The fourth-order valence-electron chi connectivity index (χ4n) is 1.00. The Hall–Kier alpha value is -0.630. The molecule has 0 N–H and O–H groups in total. The van der Waals surface area contributed by atoms with E-state index < -0.39 is 0 Å². The predicted molar refractivity (Wildman–Crippen MR) is 63.9 cm³/mol. The Bertz CT molecular complexity index is 254. The van der Waals surface area contributed by atoms with Gasteiger partial charge in [-0.25, -0.2) is 0 Å². The Balaban J connectivity index is 4.51. The summed E-state index contributed by atoms with van der Waals surface area (Å²) in [6.45, 7) is 12.2. The molecule has 0 atom stereocenters. The second-order valence-electron chi connectivity index (χ2n) is 5.68. The quantitative estimate of drug-likeness (QED) is 0.668. The molecule has 0 aliphatic rings. The van der Waals surface area contributed by atoms with Gasteiger partial charge >= 0.3 is 0 Å². The highest BCUT2D eigenvalue weighted by Crippen LogP contribution is 2.25. The Kier molecular flexibility index (Phi) is 4.72. The minimum atomic E-state index is -0.369. The molecule has 0 rings (SSSR count). The van der Waals surface area contributed by atoms with Crippen molar-refractivity contribution in [3.05, 3.63) is 11.6 Å². The Morgan fingerprint density at radius 1 is 1.20 bits per heavy atom. The molecule has 0 aromatic carbocycles. The minimum absolute atomic E-state index is 0.0624. The number of rotatable bonds is 4. The van der Waals surface area contributed by atoms with Crippen molar-refractivity contribution in [3.63, 3.8) is 0 Å². The van der Waals surface area contributed by atoms with Crippen LogP contribution in [-0.4, -0.2) is 18.5 Å². The average Bonchev–Trinajstić information content (AvgIpc) is 2.01. The van der Waals surface area contributed by atoms with Gasteiger partial charge in [-0.1, -0.05) is 26.3 Å².